The summed E-state index contributed by atoms with van der Waals surface area (Å²) in [6.45, 7) is 14.4. The van der Waals surface area contributed by atoms with Gasteiger partial charge in [-0.1, -0.05) is 12.1 Å². The summed E-state index contributed by atoms with van der Waals surface area (Å²) >= 11 is 0. The van der Waals surface area contributed by atoms with Gasteiger partial charge in [0.1, 0.15) is 6.04 Å². The minimum Gasteiger partial charge on any atom is -0.478 e. The molecule has 332 valence electrons. The molecule has 1 heterocycles. The Labute approximate surface area is 365 Å². The van der Waals surface area contributed by atoms with E-state index in [0.29, 0.717) is 50.6 Å². The molecule has 4 aromatic carbocycles. The number of amides is 3. The van der Waals surface area contributed by atoms with Gasteiger partial charge < -0.3 is 35.3 Å². The molecule has 0 bridgehead atoms. The number of nitrogens with one attached hydrogen (secondary N) is 3. The van der Waals surface area contributed by atoms with Gasteiger partial charge in [0.15, 0.2) is 5.78 Å². The predicted molar refractivity (Wildman–Crippen MR) is 241 cm³/mol. The number of carbonyl (C=O) groups is 7. The zero-order valence-electron chi connectivity index (χ0n) is 36.2. The maximum atomic E-state index is 15.1. The molecule has 1 atom stereocenters. The number of fused-ring (bicyclic) bond motifs is 1. The molecule has 6 N–H and O–H groups in total. The average molecular weight is 864 g/mol. The van der Waals surface area contributed by atoms with Gasteiger partial charge in [-0.15, -0.1) is 0 Å². The Hall–Kier alpha value is -7.43. The Morgan fingerprint density at radius 2 is 1.00 bits per heavy atom. The average Bonchev–Trinajstić information content (AvgIpc) is 3.52. The Bertz CT molecular complexity index is 2390. The summed E-state index contributed by atoms with van der Waals surface area (Å²) in [6.07, 6.45) is -0.834. The molecule has 5 rings (SSSR count). The van der Waals surface area contributed by atoms with E-state index in [1.54, 1.807) is 43.0 Å². The fourth-order valence-electron chi connectivity index (χ4n) is 7.76. The van der Waals surface area contributed by atoms with Crippen LogP contribution in [0.25, 0.3) is 0 Å². The highest BCUT2D eigenvalue weighted by atomic mass is 16.4. The second kappa shape index (κ2) is 20.4. The van der Waals surface area contributed by atoms with E-state index in [4.69, 9.17) is 0 Å². The molecule has 4 aromatic rings. The number of nitrogens with zero attached hydrogens (tertiary/aromatic N) is 4. The lowest BCUT2D eigenvalue weighted by atomic mass is 9.94. The van der Waals surface area contributed by atoms with Crippen LogP contribution in [-0.2, 0) is 4.79 Å². The molecule has 0 aromatic heterocycles. The minimum atomic E-state index is -1.59. The van der Waals surface area contributed by atoms with E-state index in [2.05, 4.69) is 16.2 Å². The van der Waals surface area contributed by atoms with Crippen LogP contribution >= 0.6 is 0 Å². The number of carboxylic acids is 3. The van der Waals surface area contributed by atoms with E-state index in [0.717, 1.165) is 4.90 Å². The molecule has 0 aliphatic carbocycles. The zero-order chi connectivity index (χ0) is 46.1. The minimum absolute atomic E-state index is 0.0112. The van der Waals surface area contributed by atoms with Crippen LogP contribution in [0.5, 0.6) is 0 Å². The maximum Gasteiger partial charge on any atom is 0.337 e. The van der Waals surface area contributed by atoms with Gasteiger partial charge in [-0.25, -0.2) is 14.4 Å². The molecule has 0 radical (unpaired) electrons. The molecule has 1 aliphatic heterocycles. The van der Waals surface area contributed by atoms with Crippen molar-refractivity contribution in [3.8, 4) is 0 Å². The summed E-state index contributed by atoms with van der Waals surface area (Å²) in [7, 11) is 0. The van der Waals surface area contributed by atoms with E-state index in [-0.39, 0.29) is 56.1 Å². The van der Waals surface area contributed by atoms with E-state index >= 15 is 4.79 Å². The van der Waals surface area contributed by atoms with Crippen LogP contribution in [0.3, 0.4) is 0 Å². The van der Waals surface area contributed by atoms with Crippen molar-refractivity contribution >= 4 is 75.5 Å². The molecular formula is C46H53N7O10. The van der Waals surface area contributed by atoms with Gasteiger partial charge in [0, 0.05) is 68.3 Å². The molecule has 17 heteroatoms. The number of imide groups is 1. The van der Waals surface area contributed by atoms with Crippen molar-refractivity contribution in [1.29, 1.82) is 0 Å². The van der Waals surface area contributed by atoms with E-state index in [9.17, 15) is 44.1 Å². The maximum absolute atomic E-state index is 15.1. The Morgan fingerprint density at radius 1 is 0.556 bits per heavy atom. The fourth-order valence-corrected chi connectivity index (χ4v) is 7.76. The standard InChI is InChI=1S/C46H53N7O10/c1-7-50(8-2)27-17-19-35(31(23-27)44(58)59)47-40(54)22-21-38(53-42(56)29-15-13-14-16-30(29)43(53)57)41(55)34-25-37(33(46(62)63)26-39(34)52(11-5)12-6)49-48-36-20-18-28(51(9-3)10-4)24-32(36)45(60)61/h13-20,23-26,38,48-49H,7-12,21-22H2,1-6H3,(H,47,54)(H,58,59)(H,60,61)(H,62,63). The number of benzene rings is 4. The summed E-state index contributed by atoms with van der Waals surface area (Å²) in [5.41, 5.74) is 6.50. The molecule has 63 heavy (non-hydrogen) atoms. The smallest absolute Gasteiger partial charge is 0.337 e. The van der Waals surface area contributed by atoms with Crippen molar-refractivity contribution < 1.29 is 48.9 Å². The lowest BCUT2D eigenvalue weighted by Gasteiger charge is -2.30. The monoisotopic (exact) mass is 863 g/mol. The molecule has 1 aliphatic rings. The molecule has 3 amide bonds. The summed E-state index contributed by atoms with van der Waals surface area (Å²) in [5.74, 6) is -6.92. The first kappa shape index (κ1) is 46.6. The third kappa shape index (κ3) is 9.88. The van der Waals surface area contributed by atoms with Crippen molar-refractivity contribution in [2.24, 2.45) is 0 Å². The van der Waals surface area contributed by atoms with Crippen LogP contribution in [0, 0.1) is 0 Å². The van der Waals surface area contributed by atoms with Gasteiger partial charge >= 0.3 is 17.9 Å². The largest absolute Gasteiger partial charge is 0.478 e. The molecule has 0 fully saturated rings. The third-order valence-electron chi connectivity index (χ3n) is 11.2. The van der Waals surface area contributed by atoms with Gasteiger partial charge in [-0.2, -0.15) is 0 Å². The topological polar surface area (TPSA) is 229 Å². The highest BCUT2D eigenvalue weighted by molar-refractivity contribution is 6.24. The Kier molecular flexibility index (Phi) is 15.1. The lowest BCUT2D eigenvalue weighted by Crippen LogP contribution is -2.45. The van der Waals surface area contributed by atoms with E-state index in [1.807, 2.05) is 37.5 Å². The fraction of sp³-hybridized carbons (Fsp3) is 0.326. The predicted octanol–water partition coefficient (Wildman–Crippen LogP) is 7.03. The number of rotatable bonds is 22. The number of hydrogen-bond acceptors (Lipinski definition) is 12. The second-order valence-electron chi connectivity index (χ2n) is 14.5. The van der Waals surface area contributed by atoms with Crippen molar-refractivity contribution in [3.05, 3.63) is 106 Å². The number of Topliss-reactive ketones (excluding diaryl/α,β-unsaturated/α-hetero) is 1. The highest BCUT2D eigenvalue weighted by Gasteiger charge is 2.43. The van der Waals surface area contributed by atoms with Gasteiger partial charge in [0.05, 0.1) is 44.9 Å². The SMILES string of the molecule is CCN(CC)c1ccc(NNc2cc(C(=O)C(CCC(=O)Nc3ccc(N(CC)CC)cc3C(=O)O)N3C(=O)c4ccccc4C3=O)c(N(CC)CC)cc2C(=O)O)c(C(=O)O)c1. The van der Waals surface area contributed by atoms with Crippen molar-refractivity contribution in [2.45, 2.75) is 60.4 Å². The Balaban J connectivity index is 1.57. The number of aromatic carboxylic acids is 3. The summed E-state index contributed by atoms with van der Waals surface area (Å²) in [6, 6.07) is 16.4. The number of hydrogen-bond donors (Lipinski definition) is 6. The van der Waals surface area contributed by atoms with Gasteiger partial charge in [-0.3, -0.25) is 34.9 Å². The van der Waals surface area contributed by atoms with Crippen LogP contribution in [-0.4, -0.2) is 107 Å². The molecule has 1 unspecified atom stereocenters. The molecule has 0 saturated heterocycles. The molecular weight excluding hydrogens is 811 g/mol. The van der Waals surface area contributed by atoms with Crippen molar-refractivity contribution in [1.82, 2.24) is 4.90 Å². The number of hydrazine groups is 1. The van der Waals surface area contributed by atoms with Gasteiger partial charge in [0.25, 0.3) is 11.8 Å². The van der Waals surface area contributed by atoms with Gasteiger partial charge in [-0.05, 0) is 109 Å². The van der Waals surface area contributed by atoms with Crippen LogP contribution in [0.15, 0.2) is 72.8 Å². The molecule has 0 saturated carbocycles. The van der Waals surface area contributed by atoms with Crippen LogP contribution < -0.4 is 30.9 Å². The highest BCUT2D eigenvalue weighted by Crippen LogP contribution is 2.35. The van der Waals surface area contributed by atoms with E-state index < -0.39 is 60.3 Å². The number of carboxylic acid groups (broad SMARTS) is 3. The second-order valence-corrected chi connectivity index (χ2v) is 14.5. The molecule has 17 nitrogen and oxygen atoms in total. The number of ketones is 1. The molecule has 0 spiro atoms. The van der Waals surface area contributed by atoms with Gasteiger partial charge in [0.2, 0.25) is 5.91 Å². The quantitative estimate of drug-likeness (QED) is 0.0265. The Morgan fingerprint density at radius 3 is 1.48 bits per heavy atom. The third-order valence-corrected chi connectivity index (χ3v) is 11.2. The van der Waals surface area contributed by atoms with Crippen molar-refractivity contribution in [3.63, 3.8) is 0 Å². The van der Waals surface area contributed by atoms with Crippen molar-refractivity contribution in [2.75, 3.05) is 70.1 Å². The number of anilines is 6. The first-order valence-corrected chi connectivity index (χ1v) is 20.9. The number of carbonyl (C=O) groups excluding carboxylic acids is 4. The summed E-state index contributed by atoms with van der Waals surface area (Å²) in [5, 5.41) is 33.2. The zero-order valence-corrected chi connectivity index (χ0v) is 36.2. The summed E-state index contributed by atoms with van der Waals surface area (Å²) in [4.78, 5) is 101. The van der Waals surface area contributed by atoms with Crippen LogP contribution in [0.1, 0.15) is 117 Å². The van der Waals surface area contributed by atoms with E-state index in [1.165, 1.54) is 48.5 Å². The first-order chi connectivity index (χ1) is 30.1. The van der Waals surface area contributed by atoms with Crippen LogP contribution in [0.4, 0.5) is 34.1 Å². The summed E-state index contributed by atoms with van der Waals surface area (Å²) < 4.78 is 0. The first-order valence-electron chi connectivity index (χ1n) is 20.9. The van der Waals surface area contributed by atoms with Crippen LogP contribution in [0.2, 0.25) is 0 Å². The normalized spacial score (nSPS) is 12.3. The lowest BCUT2D eigenvalue weighted by molar-refractivity contribution is -0.116.